The molecule has 118 valence electrons. The molecule has 0 rings (SSSR count). The van der Waals surface area contributed by atoms with Gasteiger partial charge in [-0.3, -0.25) is 4.79 Å². The normalized spacial score (nSPS) is 12.8. The zero-order valence-electron chi connectivity index (χ0n) is 13.0. The minimum atomic E-state index is -0.804. The van der Waals surface area contributed by atoms with E-state index in [1.165, 1.54) is 0 Å². The number of hydrogen-bond donors (Lipinski definition) is 3. The van der Waals surface area contributed by atoms with Crippen LogP contribution in [0.4, 0.5) is 4.79 Å². The summed E-state index contributed by atoms with van der Waals surface area (Å²) in [5.74, 6) is -0.653. The Morgan fingerprint density at radius 1 is 1.30 bits per heavy atom. The molecule has 0 radical (unpaired) electrons. The average Bonchev–Trinajstić information content (AvgIpc) is 2.38. The van der Waals surface area contributed by atoms with Gasteiger partial charge in [-0.05, 0) is 24.2 Å². The molecule has 2 amide bonds. The van der Waals surface area contributed by atoms with Gasteiger partial charge in [0, 0.05) is 33.2 Å². The predicted octanol–water partition coefficient (Wildman–Crippen LogP) is 1.85. The Morgan fingerprint density at radius 2 is 1.95 bits per heavy atom. The highest BCUT2D eigenvalue weighted by Gasteiger charge is 2.18. The molecule has 0 aromatic carbocycles. The molecule has 0 fully saturated rings. The third kappa shape index (κ3) is 10.6. The van der Waals surface area contributed by atoms with Crippen LogP contribution < -0.4 is 10.6 Å². The van der Waals surface area contributed by atoms with Crippen LogP contribution in [0.2, 0.25) is 0 Å². The molecule has 0 saturated carbocycles. The topological polar surface area (TPSA) is 87.7 Å². The molecule has 3 N–H and O–H groups in total. The van der Waals surface area contributed by atoms with E-state index in [1.807, 2.05) is 6.92 Å². The van der Waals surface area contributed by atoms with Gasteiger partial charge >= 0.3 is 12.0 Å². The maximum Gasteiger partial charge on any atom is 0.314 e. The van der Waals surface area contributed by atoms with Crippen molar-refractivity contribution in [3.8, 4) is 0 Å². The number of methoxy groups -OCH3 is 1. The van der Waals surface area contributed by atoms with Crippen molar-refractivity contribution < 1.29 is 19.4 Å². The van der Waals surface area contributed by atoms with E-state index in [1.54, 1.807) is 7.11 Å². The molecule has 0 aliphatic carbocycles. The lowest BCUT2D eigenvalue weighted by molar-refractivity contribution is -0.137. The van der Waals surface area contributed by atoms with Gasteiger partial charge in [0.15, 0.2) is 0 Å². The summed E-state index contributed by atoms with van der Waals surface area (Å²) >= 11 is 0. The van der Waals surface area contributed by atoms with Gasteiger partial charge in [0.1, 0.15) is 0 Å². The third-order valence-electron chi connectivity index (χ3n) is 3.17. The number of carboxylic acids is 1. The van der Waals surface area contributed by atoms with Crippen LogP contribution in [0.25, 0.3) is 0 Å². The van der Waals surface area contributed by atoms with E-state index in [2.05, 4.69) is 24.5 Å². The van der Waals surface area contributed by atoms with Crippen molar-refractivity contribution in [3.05, 3.63) is 0 Å². The average molecular weight is 288 g/mol. The van der Waals surface area contributed by atoms with E-state index < -0.39 is 5.97 Å². The van der Waals surface area contributed by atoms with E-state index in [-0.39, 0.29) is 23.8 Å². The molecule has 0 aliphatic heterocycles. The maximum absolute atomic E-state index is 11.6. The fourth-order valence-corrected chi connectivity index (χ4v) is 1.59. The number of amides is 2. The zero-order valence-corrected chi connectivity index (χ0v) is 13.0. The quantitative estimate of drug-likeness (QED) is 0.572. The fourth-order valence-electron chi connectivity index (χ4n) is 1.59. The first-order valence-corrected chi connectivity index (χ1v) is 6.99. The Hall–Kier alpha value is -1.30. The zero-order chi connectivity index (χ0) is 15.6. The van der Waals surface area contributed by atoms with E-state index in [9.17, 15) is 9.59 Å². The highest BCUT2D eigenvalue weighted by atomic mass is 16.5. The Bertz CT molecular complexity index is 306. The number of urea groups is 1. The number of ether oxygens (including phenoxy) is 1. The highest BCUT2D eigenvalue weighted by molar-refractivity contribution is 5.73. The molecule has 0 aromatic rings. The molecule has 0 spiro atoms. The van der Waals surface area contributed by atoms with Crippen LogP contribution in [0.3, 0.4) is 0 Å². The van der Waals surface area contributed by atoms with E-state index in [0.717, 1.165) is 6.42 Å². The fraction of sp³-hybridized carbons (Fsp3) is 0.857. The molecule has 6 nitrogen and oxygen atoms in total. The standard InChI is InChI=1S/C14H28N2O4/c1-11(5-6-12(17)18)9-15-13(19)16-10-14(2,3)7-8-20-4/h11H,5-10H2,1-4H3,(H,17,18)(H2,15,16,19). The van der Waals surface area contributed by atoms with Crippen molar-refractivity contribution in [2.24, 2.45) is 11.3 Å². The van der Waals surface area contributed by atoms with Gasteiger partial charge in [-0.1, -0.05) is 20.8 Å². The minimum Gasteiger partial charge on any atom is -0.481 e. The minimum absolute atomic E-state index is 0.0116. The van der Waals surface area contributed by atoms with Gasteiger partial charge in [-0.15, -0.1) is 0 Å². The Kier molecular flexibility index (Phi) is 8.96. The smallest absolute Gasteiger partial charge is 0.314 e. The molecule has 0 bridgehead atoms. The van der Waals surface area contributed by atoms with Gasteiger partial charge in [0.2, 0.25) is 0 Å². The number of carboxylic acid groups (broad SMARTS) is 1. The van der Waals surface area contributed by atoms with Crippen LogP contribution in [-0.4, -0.2) is 43.9 Å². The molecule has 0 aromatic heterocycles. The first-order valence-electron chi connectivity index (χ1n) is 6.99. The van der Waals surface area contributed by atoms with Crippen molar-refractivity contribution >= 4 is 12.0 Å². The number of hydrogen-bond acceptors (Lipinski definition) is 3. The SMILES string of the molecule is COCCC(C)(C)CNC(=O)NCC(C)CCC(=O)O. The summed E-state index contributed by atoms with van der Waals surface area (Å²) in [6, 6.07) is -0.210. The van der Waals surface area contributed by atoms with Crippen LogP contribution in [-0.2, 0) is 9.53 Å². The van der Waals surface area contributed by atoms with Crippen molar-refractivity contribution in [1.29, 1.82) is 0 Å². The number of rotatable bonds is 10. The summed E-state index contributed by atoms with van der Waals surface area (Å²) in [7, 11) is 1.66. The van der Waals surface area contributed by atoms with E-state index in [4.69, 9.17) is 9.84 Å². The van der Waals surface area contributed by atoms with Crippen LogP contribution >= 0.6 is 0 Å². The van der Waals surface area contributed by atoms with Crippen molar-refractivity contribution in [3.63, 3.8) is 0 Å². The Labute approximate surface area is 121 Å². The van der Waals surface area contributed by atoms with Gasteiger partial charge in [-0.25, -0.2) is 4.79 Å². The molecule has 0 heterocycles. The largest absolute Gasteiger partial charge is 0.481 e. The number of nitrogens with one attached hydrogen (secondary N) is 2. The number of aliphatic carboxylic acids is 1. The van der Waals surface area contributed by atoms with Gasteiger partial charge in [0.25, 0.3) is 0 Å². The van der Waals surface area contributed by atoms with Crippen molar-refractivity contribution in [1.82, 2.24) is 10.6 Å². The lowest BCUT2D eigenvalue weighted by atomic mass is 9.90. The second-order valence-electron chi connectivity index (χ2n) is 6.01. The van der Waals surface area contributed by atoms with E-state index in [0.29, 0.717) is 26.1 Å². The molecule has 1 atom stereocenters. The second-order valence-corrected chi connectivity index (χ2v) is 6.01. The highest BCUT2D eigenvalue weighted by Crippen LogP contribution is 2.18. The monoisotopic (exact) mass is 288 g/mol. The number of carbonyl (C=O) groups is 2. The number of carbonyl (C=O) groups excluding carboxylic acids is 1. The summed E-state index contributed by atoms with van der Waals surface area (Å²) in [6.45, 7) is 7.79. The van der Waals surface area contributed by atoms with Gasteiger partial charge < -0.3 is 20.5 Å². The molecule has 20 heavy (non-hydrogen) atoms. The molecule has 1 unspecified atom stereocenters. The second kappa shape index (κ2) is 9.58. The van der Waals surface area contributed by atoms with Crippen LogP contribution in [0.5, 0.6) is 0 Å². The third-order valence-corrected chi connectivity index (χ3v) is 3.17. The lowest BCUT2D eigenvalue weighted by Crippen LogP contribution is -2.42. The van der Waals surface area contributed by atoms with Gasteiger partial charge in [-0.2, -0.15) is 0 Å². The van der Waals surface area contributed by atoms with Crippen LogP contribution in [0.15, 0.2) is 0 Å². The molecule has 6 heteroatoms. The first-order chi connectivity index (χ1) is 9.26. The lowest BCUT2D eigenvalue weighted by Gasteiger charge is -2.24. The first kappa shape index (κ1) is 18.7. The summed E-state index contributed by atoms with van der Waals surface area (Å²) < 4.78 is 5.03. The molecular weight excluding hydrogens is 260 g/mol. The van der Waals surface area contributed by atoms with Crippen LogP contribution in [0, 0.1) is 11.3 Å². The summed E-state index contributed by atoms with van der Waals surface area (Å²) in [5.41, 5.74) is -0.0116. The van der Waals surface area contributed by atoms with E-state index >= 15 is 0 Å². The summed E-state index contributed by atoms with van der Waals surface area (Å²) in [5, 5.41) is 14.2. The van der Waals surface area contributed by atoms with Crippen molar-refractivity contribution in [2.75, 3.05) is 26.8 Å². The maximum atomic E-state index is 11.6. The Balaban J connectivity index is 3.80. The van der Waals surface area contributed by atoms with Crippen molar-refractivity contribution in [2.45, 2.75) is 40.0 Å². The Morgan fingerprint density at radius 3 is 2.50 bits per heavy atom. The molecule has 0 saturated heterocycles. The summed E-state index contributed by atoms with van der Waals surface area (Å²) in [4.78, 5) is 22.1. The van der Waals surface area contributed by atoms with Gasteiger partial charge in [0.05, 0.1) is 0 Å². The van der Waals surface area contributed by atoms with Crippen LogP contribution in [0.1, 0.15) is 40.0 Å². The summed E-state index contributed by atoms with van der Waals surface area (Å²) in [6.07, 6.45) is 1.57. The predicted molar refractivity (Wildman–Crippen MR) is 77.7 cm³/mol. The molecular formula is C14H28N2O4. The molecule has 0 aliphatic rings.